The van der Waals surface area contributed by atoms with Crippen molar-refractivity contribution in [2.75, 3.05) is 12.4 Å². The van der Waals surface area contributed by atoms with Gasteiger partial charge in [0.15, 0.2) is 9.84 Å². The van der Waals surface area contributed by atoms with Crippen molar-refractivity contribution in [2.45, 2.75) is 30.7 Å². The Bertz CT molecular complexity index is 772. The third-order valence-corrected chi connectivity index (χ3v) is 5.69. The molecule has 1 aliphatic heterocycles. The molecule has 6 nitrogen and oxygen atoms in total. The fourth-order valence-electron chi connectivity index (χ4n) is 2.93. The van der Waals surface area contributed by atoms with E-state index < -0.39 is 15.9 Å². The normalized spacial score (nSPS) is 20.0. The molecule has 2 heterocycles. The van der Waals surface area contributed by atoms with Gasteiger partial charge in [-0.25, -0.2) is 8.42 Å². The molecular formula is C16H20N2O4S. The number of ether oxygens (including phenoxy) is 1. The van der Waals surface area contributed by atoms with Crippen molar-refractivity contribution >= 4 is 20.7 Å². The van der Waals surface area contributed by atoms with Gasteiger partial charge in [0.05, 0.1) is 29.2 Å². The molecule has 1 aromatic heterocycles. The molecule has 2 N–H and O–H groups in total. The molecule has 7 heteroatoms. The first-order chi connectivity index (χ1) is 11.1. The number of rotatable bonds is 6. The molecule has 0 spiro atoms. The first-order valence-electron chi connectivity index (χ1n) is 7.63. The van der Waals surface area contributed by atoms with Gasteiger partial charge in [-0.2, -0.15) is 5.48 Å². The number of nitrogens with one attached hydrogen (secondary N) is 1. The van der Waals surface area contributed by atoms with E-state index in [1.54, 1.807) is 6.20 Å². The monoisotopic (exact) mass is 336 g/mol. The van der Waals surface area contributed by atoms with Crippen LogP contribution in [0, 0.1) is 0 Å². The number of benzene rings is 1. The molecule has 0 radical (unpaired) electrons. The zero-order chi connectivity index (χ0) is 16.3. The average molecular weight is 336 g/mol. The predicted molar refractivity (Wildman–Crippen MR) is 86.9 cm³/mol. The highest BCUT2D eigenvalue weighted by Crippen LogP contribution is 2.19. The van der Waals surface area contributed by atoms with Crippen LogP contribution in [0.3, 0.4) is 0 Å². The fraction of sp³-hybridized carbons (Fsp3) is 0.438. The third-order valence-electron chi connectivity index (χ3n) is 4.05. The van der Waals surface area contributed by atoms with E-state index in [-0.39, 0.29) is 17.6 Å². The molecule has 1 saturated heterocycles. The van der Waals surface area contributed by atoms with Gasteiger partial charge in [0.1, 0.15) is 0 Å². The summed E-state index contributed by atoms with van der Waals surface area (Å²) in [5.41, 5.74) is 3.58. The van der Waals surface area contributed by atoms with Gasteiger partial charge in [-0.1, -0.05) is 18.2 Å². The predicted octanol–water partition coefficient (Wildman–Crippen LogP) is 1.68. The second-order valence-corrected chi connectivity index (χ2v) is 7.99. The topological polar surface area (TPSA) is 88.5 Å². The third kappa shape index (κ3) is 4.06. The summed E-state index contributed by atoms with van der Waals surface area (Å²) in [4.78, 5) is 4.29. The lowest BCUT2D eigenvalue weighted by molar-refractivity contribution is 0.0281. The van der Waals surface area contributed by atoms with Crippen LogP contribution >= 0.6 is 0 Å². The lowest BCUT2D eigenvalue weighted by atomic mass is 10.1. The molecule has 124 valence electrons. The van der Waals surface area contributed by atoms with Crippen molar-refractivity contribution in [3.05, 3.63) is 42.1 Å². The summed E-state index contributed by atoms with van der Waals surface area (Å²) in [6.07, 6.45) is 2.97. The van der Waals surface area contributed by atoms with Gasteiger partial charge in [0.25, 0.3) is 0 Å². The molecule has 0 amide bonds. The molecule has 0 aliphatic carbocycles. The second-order valence-electron chi connectivity index (χ2n) is 5.88. The van der Waals surface area contributed by atoms with Crippen molar-refractivity contribution in [1.29, 1.82) is 0 Å². The maximum Gasteiger partial charge on any atom is 0.156 e. The quantitative estimate of drug-likeness (QED) is 0.780. The van der Waals surface area contributed by atoms with Gasteiger partial charge in [-0.3, -0.25) is 4.98 Å². The molecule has 0 saturated carbocycles. The molecule has 23 heavy (non-hydrogen) atoms. The summed E-state index contributed by atoms with van der Waals surface area (Å²) in [7, 11) is -3.39. The molecular weight excluding hydrogens is 316 g/mol. The maximum absolute atomic E-state index is 12.4. The second kappa shape index (κ2) is 6.92. The highest BCUT2D eigenvalue weighted by molar-refractivity contribution is 7.90. The van der Waals surface area contributed by atoms with E-state index >= 15 is 0 Å². The van der Waals surface area contributed by atoms with Crippen LogP contribution in [0.25, 0.3) is 10.9 Å². The summed E-state index contributed by atoms with van der Waals surface area (Å²) in [6.45, 7) is 0.609. The van der Waals surface area contributed by atoms with Crippen LogP contribution < -0.4 is 5.48 Å². The smallest absolute Gasteiger partial charge is 0.156 e. The minimum absolute atomic E-state index is 0.101. The molecule has 2 unspecified atom stereocenters. The van der Waals surface area contributed by atoms with Gasteiger partial charge in [-0.15, -0.1) is 0 Å². The lowest BCUT2D eigenvalue weighted by Crippen LogP contribution is -2.43. The van der Waals surface area contributed by atoms with E-state index in [9.17, 15) is 13.6 Å². The summed E-state index contributed by atoms with van der Waals surface area (Å²) in [6, 6.07) is 8.82. The number of fused-ring (bicyclic) bond motifs is 1. The van der Waals surface area contributed by atoms with Gasteiger partial charge in [0, 0.05) is 18.2 Å². The number of para-hydroxylation sites is 1. The molecule has 1 aromatic carbocycles. The minimum Gasteiger partial charge on any atom is -0.376 e. The highest BCUT2D eigenvalue weighted by Gasteiger charge is 2.30. The standard InChI is InChI=1S/C16H20N2O4S/c19-18-15(16-6-3-7-22-16)11-23(20,21)10-12-8-13-4-1-2-5-14(13)17-9-12/h1-2,4-5,8-9,15-16,18-19H,3,6-7,10-11H2. The van der Waals surface area contributed by atoms with Crippen LogP contribution in [0.15, 0.2) is 36.5 Å². The van der Waals surface area contributed by atoms with Crippen LogP contribution in [0.1, 0.15) is 18.4 Å². The number of nitrogens with zero attached hydrogens (tertiary/aromatic N) is 1. The van der Waals surface area contributed by atoms with E-state index in [0.29, 0.717) is 12.2 Å². The Labute approximate surface area is 135 Å². The Balaban J connectivity index is 1.73. The van der Waals surface area contributed by atoms with Crippen LogP contribution in [0.5, 0.6) is 0 Å². The van der Waals surface area contributed by atoms with Crippen molar-refractivity contribution in [3.8, 4) is 0 Å². The van der Waals surface area contributed by atoms with Crippen LogP contribution in [-0.2, 0) is 20.3 Å². The first-order valence-corrected chi connectivity index (χ1v) is 9.45. The minimum atomic E-state index is -3.39. The van der Waals surface area contributed by atoms with Gasteiger partial charge >= 0.3 is 0 Å². The van der Waals surface area contributed by atoms with Crippen molar-refractivity contribution < 1.29 is 18.4 Å². The van der Waals surface area contributed by atoms with Crippen LogP contribution in [0.2, 0.25) is 0 Å². The summed E-state index contributed by atoms with van der Waals surface area (Å²) in [5.74, 6) is -0.267. The van der Waals surface area contributed by atoms with Crippen molar-refractivity contribution in [2.24, 2.45) is 0 Å². The maximum atomic E-state index is 12.4. The number of aromatic nitrogens is 1. The van der Waals surface area contributed by atoms with Crippen molar-refractivity contribution in [3.63, 3.8) is 0 Å². The molecule has 2 atom stereocenters. The molecule has 1 aliphatic rings. The van der Waals surface area contributed by atoms with E-state index in [0.717, 1.165) is 23.7 Å². The molecule has 0 bridgehead atoms. The molecule has 1 fully saturated rings. The molecule has 3 rings (SSSR count). The number of hydroxylamine groups is 1. The largest absolute Gasteiger partial charge is 0.376 e. The Morgan fingerprint density at radius 2 is 2.22 bits per heavy atom. The van der Waals surface area contributed by atoms with E-state index in [4.69, 9.17) is 4.74 Å². The molecule has 2 aromatic rings. The van der Waals surface area contributed by atoms with E-state index in [1.165, 1.54) is 0 Å². The Kier molecular flexibility index (Phi) is 4.91. The average Bonchev–Trinajstić information content (AvgIpc) is 3.06. The number of hydrogen-bond donors (Lipinski definition) is 2. The van der Waals surface area contributed by atoms with Gasteiger partial charge in [0.2, 0.25) is 0 Å². The van der Waals surface area contributed by atoms with Crippen molar-refractivity contribution in [1.82, 2.24) is 10.5 Å². The highest BCUT2D eigenvalue weighted by atomic mass is 32.2. The summed E-state index contributed by atoms with van der Waals surface area (Å²) in [5, 5.41) is 10.2. The Morgan fingerprint density at radius 3 is 2.96 bits per heavy atom. The Hall–Kier alpha value is -1.54. The van der Waals surface area contributed by atoms with E-state index in [1.807, 2.05) is 30.3 Å². The summed E-state index contributed by atoms with van der Waals surface area (Å²) < 4.78 is 30.3. The zero-order valence-corrected chi connectivity index (χ0v) is 13.5. The van der Waals surface area contributed by atoms with Crippen LogP contribution in [0.4, 0.5) is 0 Å². The van der Waals surface area contributed by atoms with Crippen LogP contribution in [-0.4, -0.2) is 43.1 Å². The number of hydrogen-bond acceptors (Lipinski definition) is 6. The lowest BCUT2D eigenvalue weighted by Gasteiger charge is -2.21. The Morgan fingerprint density at radius 1 is 1.39 bits per heavy atom. The fourth-order valence-corrected chi connectivity index (χ4v) is 4.55. The van der Waals surface area contributed by atoms with E-state index in [2.05, 4.69) is 10.5 Å². The van der Waals surface area contributed by atoms with Gasteiger partial charge in [-0.05, 0) is 30.5 Å². The summed E-state index contributed by atoms with van der Waals surface area (Å²) >= 11 is 0. The zero-order valence-electron chi connectivity index (χ0n) is 12.7. The first kappa shape index (κ1) is 16.3. The van der Waals surface area contributed by atoms with Gasteiger partial charge < -0.3 is 9.94 Å². The number of pyridine rings is 1. The SMILES string of the molecule is O=S(=O)(Cc1cnc2ccccc2c1)CC(NO)C1CCCO1. The number of sulfone groups is 1.